The number of nitrogens with zero attached hydrogens (tertiary/aromatic N) is 1. The summed E-state index contributed by atoms with van der Waals surface area (Å²) < 4.78 is 11.1. The summed E-state index contributed by atoms with van der Waals surface area (Å²) in [6.07, 6.45) is 6.38. The Bertz CT molecular complexity index is 1090. The number of pyridine rings is 1. The fourth-order valence-corrected chi connectivity index (χ4v) is 2.65. The molecule has 1 aromatic carbocycles. The molecular formula is C22H19NO4. The molecule has 2 heterocycles. The van der Waals surface area contributed by atoms with Crippen LogP contribution in [0.3, 0.4) is 0 Å². The smallest absolute Gasteiger partial charge is 0.336 e. The fourth-order valence-electron chi connectivity index (χ4n) is 2.65. The largest absolute Gasteiger partial charge is 0.488 e. The Morgan fingerprint density at radius 1 is 1.33 bits per heavy atom. The van der Waals surface area contributed by atoms with Crippen LogP contribution in [-0.4, -0.2) is 17.4 Å². The predicted octanol–water partition coefficient (Wildman–Crippen LogP) is 4.35. The normalized spacial score (nSPS) is 11.0. The Kier molecular flexibility index (Phi) is 5.31. The third-order valence-electron chi connectivity index (χ3n) is 3.91. The van der Waals surface area contributed by atoms with Crippen molar-refractivity contribution in [3.8, 4) is 5.75 Å². The van der Waals surface area contributed by atoms with Gasteiger partial charge in [0.2, 0.25) is 0 Å². The lowest BCUT2D eigenvalue weighted by Gasteiger charge is -2.12. The van der Waals surface area contributed by atoms with Crippen molar-refractivity contribution in [2.75, 3.05) is 6.61 Å². The monoisotopic (exact) mass is 361 g/mol. The summed E-state index contributed by atoms with van der Waals surface area (Å²) >= 11 is 0. The molecule has 2 aromatic heterocycles. The van der Waals surface area contributed by atoms with Crippen LogP contribution in [0.25, 0.3) is 17.0 Å². The molecule has 0 fully saturated rings. The minimum absolute atomic E-state index is 0.217. The van der Waals surface area contributed by atoms with E-state index in [4.69, 9.17) is 9.15 Å². The van der Waals surface area contributed by atoms with Gasteiger partial charge in [-0.05, 0) is 60.9 Å². The molecule has 0 aliphatic carbocycles. The molecule has 0 aliphatic heterocycles. The second-order valence-corrected chi connectivity index (χ2v) is 6.29. The van der Waals surface area contributed by atoms with Gasteiger partial charge in [-0.3, -0.25) is 9.78 Å². The van der Waals surface area contributed by atoms with Gasteiger partial charge in [0.1, 0.15) is 17.9 Å². The average Bonchev–Trinajstić information content (AvgIpc) is 2.64. The van der Waals surface area contributed by atoms with Crippen LogP contribution < -0.4 is 10.4 Å². The zero-order chi connectivity index (χ0) is 19.4. The van der Waals surface area contributed by atoms with Crippen LogP contribution in [0.2, 0.25) is 0 Å². The topological polar surface area (TPSA) is 69.4 Å². The molecule has 0 unspecified atom stereocenters. The van der Waals surface area contributed by atoms with Gasteiger partial charge in [-0.15, -0.1) is 0 Å². The van der Waals surface area contributed by atoms with Crippen molar-refractivity contribution in [1.29, 1.82) is 0 Å². The first-order valence-electron chi connectivity index (χ1n) is 8.43. The van der Waals surface area contributed by atoms with Gasteiger partial charge in [0.15, 0.2) is 11.4 Å². The summed E-state index contributed by atoms with van der Waals surface area (Å²) in [4.78, 5) is 28.8. The molecule has 0 saturated heterocycles. The van der Waals surface area contributed by atoms with Crippen molar-refractivity contribution in [1.82, 2.24) is 4.98 Å². The lowest BCUT2D eigenvalue weighted by molar-refractivity contribution is 0.104. The SMILES string of the molecule is C=C(C)COc1ccc2c(C)cc(=O)oc2c1C(=O)C=Cc1cccnc1. The Labute approximate surface area is 156 Å². The van der Waals surface area contributed by atoms with Gasteiger partial charge in [-0.2, -0.15) is 0 Å². The summed E-state index contributed by atoms with van der Waals surface area (Å²) in [5, 5.41) is 0.690. The van der Waals surface area contributed by atoms with Gasteiger partial charge in [-0.25, -0.2) is 4.79 Å². The maximum Gasteiger partial charge on any atom is 0.336 e. The molecule has 27 heavy (non-hydrogen) atoms. The summed E-state index contributed by atoms with van der Waals surface area (Å²) in [7, 11) is 0. The van der Waals surface area contributed by atoms with Crippen LogP contribution >= 0.6 is 0 Å². The van der Waals surface area contributed by atoms with E-state index in [9.17, 15) is 9.59 Å². The minimum Gasteiger partial charge on any atom is -0.488 e. The molecule has 5 heteroatoms. The number of benzene rings is 1. The molecule has 0 N–H and O–H groups in total. The van der Waals surface area contributed by atoms with Crippen molar-refractivity contribution >= 4 is 22.8 Å². The Morgan fingerprint density at radius 3 is 2.85 bits per heavy atom. The second-order valence-electron chi connectivity index (χ2n) is 6.29. The number of ketones is 1. The zero-order valence-corrected chi connectivity index (χ0v) is 15.2. The van der Waals surface area contributed by atoms with E-state index < -0.39 is 5.63 Å². The molecule has 0 aliphatic rings. The number of rotatable bonds is 6. The highest BCUT2D eigenvalue weighted by atomic mass is 16.5. The number of carbonyl (C=O) groups excluding carboxylic acids is 1. The number of aryl methyl sites for hydroxylation is 1. The van der Waals surface area contributed by atoms with E-state index in [1.807, 2.05) is 13.0 Å². The quantitative estimate of drug-likeness (QED) is 0.283. The van der Waals surface area contributed by atoms with Crippen LogP contribution in [-0.2, 0) is 0 Å². The Balaban J connectivity index is 2.12. The highest BCUT2D eigenvalue weighted by molar-refractivity contribution is 6.15. The van der Waals surface area contributed by atoms with E-state index in [1.165, 1.54) is 12.1 Å². The first-order chi connectivity index (χ1) is 13.0. The molecular weight excluding hydrogens is 342 g/mol. The fraction of sp³-hybridized carbons (Fsp3) is 0.136. The van der Waals surface area contributed by atoms with Gasteiger partial charge >= 0.3 is 5.63 Å². The summed E-state index contributed by atoms with van der Waals surface area (Å²) in [5.41, 5.74) is 2.26. The number of carbonyl (C=O) groups is 1. The van der Waals surface area contributed by atoms with Crippen molar-refractivity contribution in [2.45, 2.75) is 13.8 Å². The van der Waals surface area contributed by atoms with Crippen LogP contribution in [0.4, 0.5) is 0 Å². The number of hydrogen-bond donors (Lipinski definition) is 0. The summed E-state index contributed by atoms with van der Waals surface area (Å²) in [5.74, 6) is 0.0232. The third-order valence-corrected chi connectivity index (χ3v) is 3.91. The highest BCUT2D eigenvalue weighted by Gasteiger charge is 2.19. The summed E-state index contributed by atoms with van der Waals surface area (Å²) in [6.45, 7) is 7.69. The van der Waals surface area contributed by atoms with Gasteiger partial charge in [0, 0.05) is 23.8 Å². The van der Waals surface area contributed by atoms with Gasteiger partial charge < -0.3 is 9.15 Å². The van der Waals surface area contributed by atoms with E-state index in [-0.39, 0.29) is 23.5 Å². The lowest BCUT2D eigenvalue weighted by atomic mass is 10.0. The van der Waals surface area contributed by atoms with Gasteiger partial charge in [-0.1, -0.05) is 12.6 Å². The highest BCUT2D eigenvalue weighted by Crippen LogP contribution is 2.30. The number of hydrogen-bond acceptors (Lipinski definition) is 5. The summed E-state index contributed by atoms with van der Waals surface area (Å²) in [6, 6.07) is 8.51. The van der Waals surface area contributed by atoms with E-state index in [1.54, 1.807) is 43.6 Å². The molecule has 3 aromatic rings. The minimum atomic E-state index is -0.512. The zero-order valence-electron chi connectivity index (χ0n) is 15.2. The molecule has 0 radical (unpaired) electrons. The molecule has 0 atom stereocenters. The number of aromatic nitrogens is 1. The van der Waals surface area contributed by atoms with Crippen LogP contribution in [0.15, 0.2) is 70.2 Å². The van der Waals surface area contributed by atoms with E-state index in [0.717, 1.165) is 16.7 Å². The molecule has 5 nitrogen and oxygen atoms in total. The molecule has 0 amide bonds. The Morgan fingerprint density at radius 2 is 2.15 bits per heavy atom. The first-order valence-corrected chi connectivity index (χ1v) is 8.43. The molecule has 3 rings (SSSR count). The lowest BCUT2D eigenvalue weighted by Crippen LogP contribution is -2.07. The number of ether oxygens (including phenoxy) is 1. The van der Waals surface area contributed by atoms with Crippen LogP contribution in [0, 0.1) is 6.92 Å². The third kappa shape index (κ3) is 4.20. The van der Waals surface area contributed by atoms with E-state index in [0.29, 0.717) is 11.1 Å². The molecule has 136 valence electrons. The van der Waals surface area contributed by atoms with Gasteiger partial charge in [0.25, 0.3) is 0 Å². The van der Waals surface area contributed by atoms with E-state index >= 15 is 0 Å². The second kappa shape index (κ2) is 7.83. The van der Waals surface area contributed by atoms with Crippen molar-refractivity contribution in [2.24, 2.45) is 0 Å². The first kappa shape index (κ1) is 18.3. The van der Waals surface area contributed by atoms with Crippen molar-refractivity contribution < 1.29 is 13.9 Å². The van der Waals surface area contributed by atoms with Crippen molar-refractivity contribution in [3.63, 3.8) is 0 Å². The molecule has 0 spiro atoms. The van der Waals surface area contributed by atoms with Crippen LogP contribution in [0.5, 0.6) is 5.75 Å². The predicted molar refractivity (Wildman–Crippen MR) is 105 cm³/mol. The molecule has 0 bridgehead atoms. The Hall–Kier alpha value is -3.47. The van der Waals surface area contributed by atoms with E-state index in [2.05, 4.69) is 11.6 Å². The standard InChI is InChI=1S/C22H19NO4/c1-14(2)13-26-19-9-7-17-15(3)11-20(25)27-22(17)21(19)18(24)8-6-16-5-4-10-23-12-16/h4-12H,1,13H2,2-3H3. The van der Waals surface area contributed by atoms with Crippen molar-refractivity contribution in [3.05, 3.63) is 88.1 Å². The average molecular weight is 361 g/mol. The maximum absolute atomic E-state index is 12.9. The van der Waals surface area contributed by atoms with Crippen LogP contribution in [0.1, 0.15) is 28.4 Å². The number of allylic oxidation sites excluding steroid dienone is 1. The number of fused-ring (bicyclic) bond motifs is 1. The van der Waals surface area contributed by atoms with Gasteiger partial charge in [0.05, 0.1) is 0 Å². The maximum atomic E-state index is 12.9. The molecule has 0 saturated carbocycles.